The van der Waals surface area contributed by atoms with E-state index in [4.69, 9.17) is 5.73 Å². The van der Waals surface area contributed by atoms with Crippen molar-refractivity contribution >= 4 is 17.4 Å². The molecule has 0 aromatic carbocycles. The predicted octanol–water partition coefficient (Wildman–Crippen LogP) is 4.10. The molecule has 1 heterocycles. The van der Waals surface area contributed by atoms with Gasteiger partial charge in [-0.25, -0.2) is 9.37 Å². The van der Waals surface area contributed by atoms with Gasteiger partial charge in [0.1, 0.15) is 5.03 Å². The summed E-state index contributed by atoms with van der Waals surface area (Å²) in [4.78, 5) is 3.62. The summed E-state index contributed by atoms with van der Waals surface area (Å²) >= 11 is 0.0613. The van der Waals surface area contributed by atoms with Crippen LogP contribution in [0.5, 0.6) is 0 Å². The van der Waals surface area contributed by atoms with E-state index in [-0.39, 0.29) is 22.5 Å². The van der Waals surface area contributed by atoms with E-state index in [1.807, 2.05) is 13.8 Å². The maximum absolute atomic E-state index is 13.4. The van der Waals surface area contributed by atoms with E-state index < -0.39 is 11.1 Å². The van der Waals surface area contributed by atoms with Crippen LogP contribution >= 0.6 is 11.8 Å². The van der Waals surface area contributed by atoms with Crippen molar-refractivity contribution in [2.45, 2.75) is 44.4 Å². The molecule has 0 radical (unpaired) electrons. The zero-order valence-electron chi connectivity index (χ0n) is 10.4. The number of thioether (sulfide) groups is 1. The summed E-state index contributed by atoms with van der Waals surface area (Å²) in [5.41, 5.74) is 5.87. The predicted molar refractivity (Wildman–Crippen MR) is 65.8 cm³/mol. The lowest BCUT2D eigenvalue weighted by molar-refractivity contribution is 0.128. The molecule has 6 heteroatoms. The molecule has 0 atom stereocenters. The van der Waals surface area contributed by atoms with Crippen molar-refractivity contribution in [1.29, 1.82) is 0 Å². The lowest BCUT2D eigenvalue weighted by atomic mass is 10.2. The van der Waals surface area contributed by atoms with Gasteiger partial charge in [-0.1, -0.05) is 20.8 Å². The summed E-state index contributed by atoms with van der Waals surface area (Å²) in [6.07, 6.45) is 1.84. The van der Waals surface area contributed by atoms with E-state index >= 15 is 0 Å². The smallest absolute Gasteiger partial charge is 0.296 e. The Morgan fingerprint density at radius 2 is 1.94 bits per heavy atom. The van der Waals surface area contributed by atoms with Crippen LogP contribution < -0.4 is 5.73 Å². The third-order valence-electron chi connectivity index (χ3n) is 1.76. The highest BCUT2D eigenvalue weighted by molar-refractivity contribution is 8.00. The quantitative estimate of drug-likeness (QED) is 0.837. The van der Waals surface area contributed by atoms with Gasteiger partial charge in [-0.3, -0.25) is 0 Å². The molecule has 2 nitrogen and oxygen atoms in total. The minimum absolute atomic E-state index is 0.0613. The third kappa shape index (κ3) is 4.85. The van der Waals surface area contributed by atoms with Gasteiger partial charge in [-0.15, -0.1) is 0 Å². The van der Waals surface area contributed by atoms with Crippen molar-refractivity contribution in [3.05, 3.63) is 17.6 Å². The van der Waals surface area contributed by atoms with E-state index in [1.165, 1.54) is 6.20 Å². The second-order valence-electron chi connectivity index (χ2n) is 3.08. The first-order valence-electron chi connectivity index (χ1n) is 5.35. The fourth-order valence-electron chi connectivity index (χ4n) is 1.04. The first-order chi connectivity index (χ1) is 7.85. The van der Waals surface area contributed by atoms with Crippen molar-refractivity contribution in [2.24, 2.45) is 0 Å². The summed E-state index contributed by atoms with van der Waals surface area (Å²) in [5, 5.41) is -3.43. The number of pyridine rings is 1. The molecule has 0 amide bonds. The Morgan fingerprint density at radius 3 is 2.35 bits per heavy atom. The SMILES string of the molecule is CC.CCc1cnc(SC(C)(F)F)c(F)c1N. The summed E-state index contributed by atoms with van der Waals surface area (Å²) in [6, 6.07) is 0. The molecule has 0 aliphatic carbocycles. The second kappa shape index (κ2) is 6.74. The van der Waals surface area contributed by atoms with Gasteiger partial charge in [-0.05, 0) is 23.7 Å². The Labute approximate surface area is 104 Å². The maximum Gasteiger partial charge on any atom is 0.296 e. The van der Waals surface area contributed by atoms with Crippen molar-refractivity contribution in [3.8, 4) is 0 Å². The first-order valence-corrected chi connectivity index (χ1v) is 6.16. The molecule has 0 saturated heterocycles. The fourth-order valence-corrected chi connectivity index (χ4v) is 1.69. The Bertz CT molecular complexity index is 364. The number of nitrogen functional groups attached to an aromatic ring is 1. The van der Waals surface area contributed by atoms with E-state index in [9.17, 15) is 13.2 Å². The number of nitrogens with two attached hydrogens (primary N) is 1. The monoisotopic (exact) mass is 266 g/mol. The molecular weight excluding hydrogens is 249 g/mol. The summed E-state index contributed by atoms with van der Waals surface area (Å²) in [7, 11) is 0. The minimum atomic E-state index is -3.06. The molecule has 0 bridgehead atoms. The highest BCUT2D eigenvalue weighted by atomic mass is 32.2. The molecule has 0 spiro atoms. The second-order valence-corrected chi connectivity index (χ2v) is 4.39. The number of halogens is 3. The van der Waals surface area contributed by atoms with Crippen LogP contribution in [0.15, 0.2) is 11.2 Å². The molecule has 17 heavy (non-hydrogen) atoms. The molecule has 0 aliphatic rings. The molecule has 1 rings (SSSR count). The van der Waals surface area contributed by atoms with Crippen LogP contribution in [0.4, 0.5) is 18.9 Å². The molecule has 98 valence electrons. The average Bonchev–Trinajstić information content (AvgIpc) is 2.26. The van der Waals surface area contributed by atoms with E-state index in [0.717, 1.165) is 0 Å². The number of hydrogen-bond donors (Lipinski definition) is 1. The summed E-state index contributed by atoms with van der Waals surface area (Å²) in [6.45, 7) is 6.47. The van der Waals surface area contributed by atoms with Gasteiger partial charge in [0.05, 0.1) is 5.69 Å². The van der Waals surface area contributed by atoms with Crippen molar-refractivity contribution in [1.82, 2.24) is 4.98 Å². The number of rotatable bonds is 3. The number of anilines is 1. The molecular formula is C11H17F3N2S. The number of aromatic nitrogens is 1. The lowest BCUT2D eigenvalue weighted by Gasteiger charge is -2.11. The summed E-state index contributed by atoms with van der Waals surface area (Å²) in [5.74, 6) is -0.860. The molecule has 0 saturated carbocycles. The summed E-state index contributed by atoms with van der Waals surface area (Å²) < 4.78 is 38.7. The van der Waals surface area contributed by atoms with Crippen LogP contribution in [0.25, 0.3) is 0 Å². The molecule has 0 unspecified atom stereocenters. The largest absolute Gasteiger partial charge is 0.396 e. The van der Waals surface area contributed by atoms with Crippen LogP contribution in [0.3, 0.4) is 0 Å². The standard InChI is InChI=1S/C9H11F3N2S.C2H6/c1-3-5-4-14-8(6(10)7(5)13)15-9(2,11)12;1-2/h4H,3H2,1-2H3,(H2,13,14);1-2H3. The first kappa shape index (κ1) is 16.1. The Hall–Kier alpha value is -0.910. The topological polar surface area (TPSA) is 38.9 Å². The minimum Gasteiger partial charge on any atom is -0.396 e. The third-order valence-corrected chi connectivity index (χ3v) is 2.60. The highest BCUT2D eigenvalue weighted by Crippen LogP contribution is 2.37. The van der Waals surface area contributed by atoms with Crippen LogP contribution in [-0.2, 0) is 6.42 Å². The van der Waals surface area contributed by atoms with E-state index in [1.54, 1.807) is 6.92 Å². The molecule has 2 N–H and O–H groups in total. The molecule has 1 aromatic rings. The highest BCUT2D eigenvalue weighted by Gasteiger charge is 2.26. The van der Waals surface area contributed by atoms with Crippen molar-refractivity contribution < 1.29 is 13.2 Å². The van der Waals surface area contributed by atoms with Crippen molar-refractivity contribution in [2.75, 3.05) is 5.73 Å². The van der Waals surface area contributed by atoms with Gasteiger partial charge >= 0.3 is 0 Å². The zero-order valence-corrected chi connectivity index (χ0v) is 11.2. The Morgan fingerprint density at radius 1 is 1.41 bits per heavy atom. The normalized spacial score (nSPS) is 10.8. The van der Waals surface area contributed by atoms with Gasteiger partial charge in [-0.2, -0.15) is 8.78 Å². The van der Waals surface area contributed by atoms with E-state index in [2.05, 4.69) is 4.98 Å². The number of nitrogens with zero attached hydrogens (tertiary/aromatic N) is 1. The fraction of sp³-hybridized carbons (Fsp3) is 0.545. The number of alkyl halides is 2. The lowest BCUT2D eigenvalue weighted by Crippen LogP contribution is -2.07. The van der Waals surface area contributed by atoms with Gasteiger partial charge in [0.15, 0.2) is 5.82 Å². The maximum atomic E-state index is 13.4. The number of aryl methyl sites for hydroxylation is 1. The van der Waals surface area contributed by atoms with E-state index in [0.29, 0.717) is 18.9 Å². The zero-order chi connectivity index (χ0) is 13.6. The van der Waals surface area contributed by atoms with Crippen molar-refractivity contribution in [3.63, 3.8) is 0 Å². The Balaban J connectivity index is 0.00000121. The molecule has 0 fully saturated rings. The Kier molecular flexibility index (Phi) is 6.37. The van der Waals surface area contributed by atoms with Gasteiger partial charge < -0.3 is 5.73 Å². The van der Waals surface area contributed by atoms with Crippen LogP contribution in [0.2, 0.25) is 0 Å². The number of hydrogen-bond acceptors (Lipinski definition) is 3. The molecule has 1 aromatic heterocycles. The van der Waals surface area contributed by atoms with Gasteiger partial charge in [0.2, 0.25) is 0 Å². The van der Waals surface area contributed by atoms with Crippen LogP contribution in [0, 0.1) is 5.82 Å². The average molecular weight is 266 g/mol. The molecule has 0 aliphatic heterocycles. The van der Waals surface area contributed by atoms with Gasteiger partial charge in [0, 0.05) is 13.1 Å². The van der Waals surface area contributed by atoms with Crippen LogP contribution in [-0.4, -0.2) is 10.2 Å². The van der Waals surface area contributed by atoms with Crippen LogP contribution in [0.1, 0.15) is 33.3 Å². The van der Waals surface area contributed by atoms with Gasteiger partial charge in [0.25, 0.3) is 5.25 Å².